The molecule has 21 heavy (non-hydrogen) atoms. The van der Waals surface area contributed by atoms with Gasteiger partial charge >= 0.3 is 42.3 Å². The molecule has 0 saturated carbocycles. The minimum absolute atomic E-state index is 0. The standard InChI is InChI=1S/C7H6F8O4S.Li/c1-2-3-4(8,9)5(10,11)19-6(12,13)7(14,15)20(16,17)18;/h2H,1,3H2,(H,16,17,18);/q;+1/p-1. The van der Waals surface area contributed by atoms with Crippen LogP contribution in [-0.4, -0.2) is 36.4 Å². The molecule has 14 heteroatoms. The summed E-state index contributed by atoms with van der Waals surface area (Å²) in [5, 5.41) is -6.67. The molecule has 0 fully saturated rings. The molecule has 0 saturated heterocycles. The fourth-order valence-electron chi connectivity index (χ4n) is 0.741. The van der Waals surface area contributed by atoms with E-state index >= 15 is 0 Å². The summed E-state index contributed by atoms with van der Waals surface area (Å²) >= 11 is 0. The predicted molar refractivity (Wildman–Crippen MR) is 45.4 cm³/mol. The van der Waals surface area contributed by atoms with Crippen molar-refractivity contribution in [3.05, 3.63) is 12.7 Å². The van der Waals surface area contributed by atoms with Crippen molar-refractivity contribution in [2.24, 2.45) is 0 Å². The van der Waals surface area contributed by atoms with Crippen molar-refractivity contribution in [2.45, 2.75) is 29.8 Å². The Balaban J connectivity index is 0. The van der Waals surface area contributed by atoms with Crippen molar-refractivity contribution >= 4 is 10.1 Å². The smallest absolute Gasteiger partial charge is 0.743 e. The molecule has 0 aliphatic rings. The molecule has 0 aliphatic heterocycles. The van der Waals surface area contributed by atoms with E-state index in [1.54, 1.807) is 0 Å². The number of hydrogen-bond acceptors (Lipinski definition) is 4. The Hall–Kier alpha value is -0.353. The van der Waals surface area contributed by atoms with Gasteiger partial charge in [-0.25, -0.2) is 13.2 Å². The van der Waals surface area contributed by atoms with Crippen LogP contribution in [0.4, 0.5) is 35.1 Å². The third-order valence-electron chi connectivity index (χ3n) is 1.74. The van der Waals surface area contributed by atoms with Crippen LogP contribution in [0, 0.1) is 0 Å². The van der Waals surface area contributed by atoms with Crippen molar-refractivity contribution in [3.63, 3.8) is 0 Å². The number of halogens is 8. The monoisotopic (exact) mass is 344 g/mol. The molecule has 120 valence electrons. The maximum absolute atomic E-state index is 12.7. The summed E-state index contributed by atoms with van der Waals surface area (Å²) in [7, 11) is -7.15. The van der Waals surface area contributed by atoms with E-state index < -0.39 is 39.9 Å². The van der Waals surface area contributed by atoms with Gasteiger partial charge in [0.15, 0.2) is 10.1 Å². The summed E-state index contributed by atoms with van der Waals surface area (Å²) in [5.41, 5.74) is 0. The molecule has 0 N–H and O–H groups in total. The fourth-order valence-corrected chi connectivity index (χ4v) is 1.07. The Morgan fingerprint density at radius 3 is 1.67 bits per heavy atom. The van der Waals surface area contributed by atoms with Gasteiger partial charge < -0.3 is 4.55 Å². The van der Waals surface area contributed by atoms with Crippen molar-refractivity contribution in [1.29, 1.82) is 0 Å². The molecule has 0 radical (unpaired) electrons. The quantitative estimate of drug-likeness (QED) is 0.271. The van der Waals surface area contributed by atoms with E-state index in [0.717, 1.165) is 0 Å². The van der Waals surface area contributed by atoms with Crippen molar-refractivity contribution in [1.82, 2.24) is 0 Å². The number of alkyl halides is 8. The van der Waals surface area contributed by atoms with Crippen molar-refractivity contribution < 1.29 is 71.7 Å². The van der Waals surface area contributed by atoms with Crippen LogP contribution in [0.2, 0.25) is 0 Å². The van der Waals surface area contributed by atoms with Gasteiger partial charge in [0.05, 0.1) is 0 Å². The second-order valence-corrected chi connectivity index (χ2v) is 4.72. The van der Waals surface area contributed by atoms with Crippen LogP contribution >= 0.6 is 0 Å². The second-order valence-electron chi connectivity index (χ2n) is 3.30. The van der Waals surface area contributed by atoms with Crippen molar-refractivity contribution in [3.8, 4) is 0 Å². The molecule has 0 aliphatic carbocycles. The number of ether oxygens (including phenoxy) is 1. The molecule has 0 aromatic rings. The van der Waals surface area contributed by atoms with Crippen LogP contribution in [-0.2, 0) is 14.9 Å². The molecule has 4 nitrogen and oxygen atoms in total. The van der Waals surface area contributed by atoms with Gasteiger partial charge in [0.1, 0.15) is 0 Å². The fraction of sp³-hybridized carbons (Fsp3) is 0.714. The Morgan fingerprint density at radius 1 is 1.00 bits per heavy atom. The third kappa shape index (κ3) is 4.56. The summed E-state index contributed by atoms with van der Waals surface area (Å²) in [5.74, 6) is -5.39. The van der Waals surface area contributed by atoms with E-state index in [1.807, 2.05) is 4.74 Å². The van der Waals surface area contributed by atoms with Crippen LogP contribution in [0.1, 0.15) is 6.42 Å². The van der Waals surface area contributed by atoms with Gasteiger partial charge in [0.2, 0.25) is 0 Å². The summed E-state index contributed by atoms with van der Waals surface area (Å²) in [6, 6.07) is 0. The minimum atomic E-state index is -7.15. The second kappa shape index (κ2) is 6.41. The first-order valence-corrected chi connectivity index (χ1v) is 5.70. The maximum Gasteiger partial charge on any atom is 1.00 e. The zero-order chi connectivity index (χ0) is 16.6. The zero-order valence-electron chi connectivity index (χ0n) is 10.1. The molecule has 0 rings (SSSR count). The molecule has 0 amide bonds. The molecule has 0 aromatic heterocycles. The summed E-state index contributed by atoms with van der Waals surface area (Å²) in [6.07, 6.45) is -14.6. The first-order valence-electron chi connectivity index (χ1n) is 4.29. The Labute approximate surface area is 125 Å². The molecule has 0 aromatic carbocycles. The van der Waals surface area contributed by atoms with E-state index in [0.29, 0.717) is 0 Å². The average molecular weight is 344 g/mol. The van der Waals surface area contributed by atoms with E-state index in [4.69, 9.17) is 0 Å². The first-order chi connectivity index (χ1) is 8.52. The molecule has 0 spiro atoms. The minimum Gasteiger partial charge on any atom is -0.743 e. The third-order valence-corrected chi connectivity index (χ3v) is 2.60. The average Bonchev–Trinajstić information content (AvgIpc) is 2.13. The number of hydrogen-bond donors (Lipinski definition) is 0. The Bertz CT molecular complexity index is 477. The van der Waals surface area contributed by atoms with Gasteiger partial charge in [-0.1, -0.05) is 6.08 Å². The number of allylic oxidation sites excluding steroid dienone is 1. The topological polar surface area (TPSA) is 66.4 Å². The SMILES string of the molecule is C=CCC(F)(F)C(F)(F)OC(F)(F)C(F)(F)S(=O)(=O)[O-].[Li+]. The van der Waals surface area contributed by atoms with Crippen LogP contribution < -0.4 is 18.9 Å². The summed E-state index contributed by atoms with van der Waals surface area (Å²) < 4.78 is 132. The van der Waals surface area contributed by atoms with Gasteiger partial charge in [-0.2, -0.15) is 35.1 Å². The summed E-state index contributed by atoms with van der Waals surface area (Å²) in [6.45, 7) is 2.59. The van der Waals surface area contributed by atoms with E-state index in [9.17, 15) is 48.1 Å². The van der Waals surface area contributed by atoms with Crippen LogP contribution in [0.15, 0.2) is 12.7 Å². The molecule has 0 heterocycles. The van der Waals surface area contributed by atoms with Crippen molar-refractivity contribution in [2.75, 3.05) is 0 Å². The molecule has 0 bridgehead atoms. The van der Waals surface area contributed by atoms with Gasteiger partial charge in [0.25, 0.3) is 0 Å². The maximum atomic E-state index is 12.7. The normalized spacial score (nSPS) is 14.5. The number of rotatable bonds is 7. The molecule has 0 unspecified atom stereocenters. The van der Waals surface area contributed by atoms with Gasteiger partial charge in [0, 0.05) is 6.42 Å². The van der Waals surface area contributed by atoms with Gasteiger partial charge in [-0.3, -0.25) is 0 Å². The summed E-state index contributed by atoms with van der Waals surface area (Å²) in [4.78, 5) is 0. The van der Waals surface area contributed by atoms with Gasteiger partial charge in [-0.05, 0) is 0 Å². The Kier molecular flexibility index (Phi) is 7.00. The largest absolute Gasteiger partial charge is 1.00 e. The van der Waals surface area contributed by atoms with Crippen LogP contribution in [0.3, 0.4) is 0 Å². The molecular formula is C7H5F8LiO4S. The predicted octanol–water partition coefficient (Wildman–Crippen LogP) is -0.458. The van der Waals surface area contributed by atoms with Crippen LogP contribution in [0.5, 0.6) is 0 Å². The Morgan fingerprint density at radius 2 is 1.38 bits per heavy atom. The van der Waals surface area contributed by atoms with Gasteiger partial charge in [-0.15, -0.1) is 6.58 Å². The van der Waals surface area contributed by atoms with E-state index in [-0.39, 0.29) is 24.9 Å². The van der Waals surface area contributed by atoms with E-state index in [1.165, 1.54) is 0 Å². The molecule has 0 atom stereocenters. The molecular weight excluding hydrogens is 339 g/mol. The zero-order valence-corrected chi connectivity index (χ0v) is 10.9. The van der Waals surface area contributed by atoms with Crippen LogP contribution in [0.25, 0.3) is 0 Å². The van der Waals surface area contributed by atoms with E-state index in [2.05, 4.69) is 6.58 Å². The first kappa shape index (κ1) is 22.9.